The van der Waals surface area contributed by atoms with Crippen LogP contribution in [-0.4, -0.2) is 75.5 Å². The summed E-state index contributed by atoms with van der Waals surface area (Å²) in [6.45, 7) is 4.65. The molecule has 0 aromatic heterocycles. The largest absolute Gasteiger partial charge is 0.544 e. The fourth-order valence-corrected chi connectivity index (χ4v) is 7.51. The van der Waals surface area contributed by atoms with E-state index in [4.69, 9.17) is 14.2 Å². The molecule has 0 bridgehead atoms. The number of carbonyl (C=O) groups is 3. The van der Waals surface area contributed by atoms with Crippen molar-refractivity contribution in [2.45, 2.75) is 244 Å². The topological polar surface area (TPSA) is 102 Å². The van der Waals surface area contributed by atoms with Crippen molar-refractivity contribution in [2.75, 3.05) is 41.0 Å². The van der Waals surface area contributed by atoms with E-state index in [0.29, 0.717) is 12.8 Å². The fourth-order valence-electron chi connectivity index (χ4n) is 7.51. The molecule has 0 saturated carbocycles. The van der Waals surface area contributed by atoms with E-state index in [1.165, 1.54) is 148 Å². The van der Waals surface area contributed by atoms with E-state index in [0.717, 1.165) is 51.4 Å². The highest BCUT2D eigenvalue weighted by atomic mass is 16.6. The number of hydrogen-bond acceptors (Lipinski definition) is 7. The maximum absolute atomic E-state index is 12.8. The van der Waals surface area contributed by atoms with Crippen LogP contribution in [0.1, 0.15) is 232 Å². The maximum Gasteiger partial charge on any atom is 0.306 e. The molecule has 2 atom stereocenters. The van der Waals surface area contributed by atoms with Crippen molar-refractivity contribution in [1.29, 1.82) is 0 Å². The maximum atomic E-state index is 12.8. The standard InChI is InChI=1S/C53H97NO7/c1-6-8-10-12-14-16-18-20-22-24-25-26-28-30-32-34-36-38-40-42-44-52(56)61-49(47-59-46-45-50(53(57)58)54(3,4)5)48-60-51(55)43-41-39-37-35-33-31-29-27-23-21-19-17-15-13-11-9-7-2/h15,17,21,23,25-26,49-50H,6-14,16,18-20,22,24,27-48H2,1-5H3/b17-15+,23-21+,26-25+. The van der Waals surface area contributed by atoms with Gasteiger partial charge in [-0.1, -0.05) is 179 Å². The fraction of sp³-hybridized carbons (Fsp3) is 0.830. The van der Waals surface area contributed by atoms with E-state index in [1.807, 2.05) is 0 Å². The van der Waals surface area contributed by atoms with Gasteiger partial charge in [-0.25, -0.2) is 0 Å². The van der Waals surface area contributed by atoms with Gasteiger partial charge in [0.15, 0.2) is 6.10 Å². The summed E-state index contributed by atoms with van der Waals surface area (Å²) in [5, 5.41) is 11.7. The number of ether oxygens (including phenoxy) is 3. The monoisotopic (exact) mass is 860 g/mol. The first-order valence-corrected chi connectivity index (χ1v) is 25.5. The van der Waals surface area contributed by atoms with Gasteiger partial charge in [-0.15, -0.1) is 0 Å². The number of carboxylic acids is 1. The first kappa shape index (κ1) is 58.6. The summed E-state index contributed by atoms with van der Waals surface area (Å²) >= 11 is 0. The number of allylic oxidation sites excluding steroid dienone is 6. The van der Waals surface area contributed by atoms with E-state index < -0.39 is 18.1 Å². The Labute approximate surface area is 376 Å². The minimum atomic E-state index is -1.13. The number of nitrogens with zero attached hydrogens (tertiary/aromatic N) is 1. The van der Waals surface area contributed by atoms with Gasteiger partial charge in [0.1, 0.15) is 12.6 Å². The smallest absolute Gasteiger partial charge is 0.306 e. The molecule has 0 aromatic rings. The van der Waals surface area contributed by atoms with Gasteiger partial charge in [0.2, 0.25) is 0 Å². The molecule has 0 fully saturated rings. The number of esters is 2. The Morgan fingerprint density at radius 2 is 0.869 bits per heavy atom. The number of rotatable bonds is 46. The van der Waals surface area contributed by atoms with Crippen molar-refractivity contribution in [3.8, 4) is 0 Å². The predicted molar refractivity (Wildman–Crippen MR) is 254 cm³/mol. The zero-order valence-corrected chi connectivity index (χ0v) is 40.6. The van der Waals surface area contributed by atoms with Gasteiger partial charge in [-0.3, -0.25) is 9.59 Å². The molecule has 0 amide bonds. The van der Waals surface area contributed by atoms with E-state index in [9.17, 15) is 19.5 Å². The van der Waals surface area contributed by atoms with Gasteiger partial charge in [0.25, 0.3) is 0 Å². The lowest BCUT2D eigenvalue weighted by atomic mass is 10.1. The third-order valence-electron chi connectivity index (χ3n) is 11.5. The Bertz CT molecular complexity index is 1090. The molecule has 0 saturated heterocycles. The number of aliphatic carboxylic acids is 1. The van der Waals surface area contributed by atoms with Crippen LogP contribution in [0.4, 0.5) is 0 Å². The molecular weight excluding hydrogens is 763 g/mol. The molecule has 0 aliphatic carbocycles. The SMILES string of the molecule is CCCCC/C=C/C/C=C/CCCCCCCCCC(=O)OCC(COCCC(C(=O)[O-])[N+](C)(C)C)OC(=O)CCCCCCCCC/C=C/CCCCCCCCCCC. The van der Waals surface area contributed by atoms with E-state index in [1.54, 1.807) is 21.1 Å². The second kappa shape index (κ2) is 44.2. The summed E-state index contributed by atoms with van der Waals surface area (Å²) in [4.78, 5) is 37.0. The second-order valence-electron chi connectivity index (χ2n) is 18.4. The molecule has 356 valence electrons. The first-order valence-electron chi connectivity index (χ1n) is 25.5. The van der Waals surface area contributed by atoms with E-state index in [2.05, 4.69) is 50.3 Å². The molecular formula is C53H97NO7. The van der Waals surface area contributed by atoms with Crippen molar-refractivity contribution >= 4 is 17.9 Å². The second-order valence-corrected chi connectivity index (χ2v) is 18.4. The number of carboxylic acid groups (broad SMARTS) is 1. The molecule has 0 aromatic carbocycles. The quantitative estimate of drug-likeness (QED) is 0.0260. The highest BCUT2D eigenvalue weighted by Gasteiger charge is 2.25. The van der Waals surface area contributed by atoms with Crippen molar-refractivity contribution in [1.82, 2.24) is 0 Å². The molecule has 8 nitrogen and oxygen atoms in total. The molecule has 0 spiro atoms. The van der Waals surface area contributed by atoms with Crippen molar-refractivity contribution in [2.24, 2.45) is 0 Å². The summed E-state index contributed by atoms with van der Waals surface area (Å²) in [5.41, 5.74) is 0. The Hall–Kier alpha value is -2.45. The van der Waals surface area contributed by atoms with Crippen LogP contribution in [-0.2, 0) is 28.6 Å². The number of carbonyl (C=O) groups excluding carboxylic acids is 3. The highest BCUT2D eigenvalue weighted by molar-refractivity contribution is 5.70. The Morgan fingerprint density at radius 1 is 0.492 bits per heavy atom. The third-order valence-corrected chi connectivity index (χ3v) is 11.5. The number of quaternary nitrogens is 1. The lowest BCUT2D eigenvalue weighted by Crippen LogP contribution is -2.55. The summed E-state index contributed by atoms with van der Waals surface area (Å²) in [5.74, 6) is -1.74. The van der Waals surface area contributed by atoms with Crippen LogP contribution in [0.2, 0.25) is 0 Å². The first-order chi connectivity index (χ1) is 29.6. The molecule has 0 aliphatic rings. The third kappa shape index (κ3) is 42.6. The van der Waals surface area contributed by atoms with Gasteiger partial charge in [0.05, 0.1) is 40.3 Å². The summed E-state index contributed by atoms with van der Waals surface area (Å²) in [6.07, 6.45) is 51.7. The minimum Gasteiger partial charge on any atom is -0.544 e. The Balaban J connectivity index is 4.26. The molecule has 61 heavy (non-hydrogen) atoms. The summed E-state index contributed by atoms with van der Waals surface area (Å²) in [6, 6.07) is -0.727. The lowest BCUT2D eigenvalue weighted by molar-refractivity contribution is -0.889. The van der Waals surface area contributed by atoms with Gasteiger partial charge in [-0.05, 0) is 70.6 Å². The minimum absolute atomic E-state index is 0.0380. The van der Waals surface area contributed by atoms with Gasteiger partial charge >= 0.3 is 11.9 Å². The predicted octanol–water partition coefficient (Wildman–Crippen LogP) is 13.3. The van der Waals surface area contributed by atoms with E-state index >= 15 is 0 Å². The molecule has 2 unspecified atom stereocenters. The molecule has 0 N–H and O–H groups in total. The Morgan fingerprint density at radius 3 is 1.31 bits per heavy atom. The van der Waals surface area contributed by atoms with E-state index in [-0.39, 0.29) is 42.7 Å². The van der Waals surface area contributed by atoms with Crippen molar-refractivity contribution in [3.63, 3.8) is 0 Å². The highest BCUT2D eigenvalue weighted by Crippen LogP contribution is 2.15. The zero-order valence-electron chi connectivity index (χ0n) is 40.6. The zero-order chi connectivity index (χ0) is 44.9. The van der Waals surface area contributed by atoms with Gasteiger partial charge in [-0.2, -0.15) is 0 Å². The molecule has 0 heterocycles. The van der Waals surface area contributed by atoms with Gasteiger partial charge in [0, 0.05) is 19.3 Å². The number of unbranched alkanes of at least 4 members (excludes halogenated alkanes) is 26. The van der Waals surface area contributed by atoms with Crippen LogP contribution >= 0.6 is 0 Å². The van der Waals surface area contributed by atoms with Crippen LogP contribution in [0.5, 0.6) is 0 Å². The van der Waals surface area contributed by atoms with Gasteiger partial charge < -0.3 is 28.6 Å². The van der Waals surface area contributed by atoms with Crippen LogP contribution in [0.15, 0.2) is 36.5 Å². The lowest BCUT2D eigenvalue weighted by Gasteiger charge is -2.34. The average molecular weight is 860 g/mol. The van der Waals surface area contributed by atoms with Crippen molar-refractivity contribution < 1.29 is 38.2 Å². The van der Waals surface area contributed by atoms with Crippen molar-refractivity contribution in [3.05, 3.63) is 36.5 Å². The van der Waals surface area contributed by atoms with Crippen LogP contribution in [0, 0.1) is 0 Å². The number of hydrogen-bond donors (Lipinski definition) is 0. The number of likely N-dealkylation sites (N-methyl/N-ethyl adjacent to an activating group) is 1. The summed E-state index contributed by atoms with van der Waals surface area (Å²) in [7, 11) is 5.41. The summed E-state index contributed by atoms with van der Waals surface area (Å²) < 4.78 is 17.2. The average Bonchev–Trinajstić information content (AvgIpc) is 3.22. The molecule has 0 rings (SSSR count). The molecule has 0 aliphatic heterocycles. The molecule has 8 heteroatoms. The molecule has 0 radical (unpaired) electrons. The van der Waals surface area contributed by atoms with Crippen LogP contribution in [0.3, 0.4) is 0 Å². The Kier molecular flexibility index (Phi) is 42.4. The van der Waals surface area contributed by atoms with Crippen LogP contribution in [0.25, 0.3) is 0 Å². The normalized spacial score (nSPS) is 13.1. The van der Waals surface area contributed by atoms with Crippen LogP contribution < -0.4 is 5.11 Å².